The summed E-state index contributed by atoms with van der Waals surface area (Å²) in [5, 5.41) is 19.4. The number of rotatable bonds is 5. The van der Waals surface area contributed by atoms with Crippen molar-refractivity contribution in [3.05, 3.63) is 35.4 Å². The van der Waals surface area contributed by atoms with Crippen LogP contribution in [0.5, 0.6) is 0 Å². The third kappa shape index (κ3) is 3.68. The van der Waals surface area contributed by atoms with Gasteiger partial charge in [-0.1, -0.05) is 24.3 Å². The third-order valence-corrected chi connectivity index (χ3v) is 2.83. The molecule has 0 radical (unpaired) electrons. The minimum atomic E-state index is -0.872. The molecule has 0 spiro atoms. The lowest BCUT2D eigenvalue weighted by Crippen LogP contribution is -2.18. The van der Waals surface area contributed by atoms with Gasteiger partial charge in [-0.25, -0.2) is 0 Å². The van der Waals surface area contributed by atoms with Crippen LogP contribution in [0.1, 0.15) is 23.7 Å². The Hall–Kier alpha value is -0.220. The van der Waals surface area contributed by atoms with E-state index in [-0.39, 0.29) is 0 Å². The van der Waals surface area contributed by atoms with Gasteiger partial charge in [0.1, 0.15) is 6.10 Å². The van der Waals surface area contributed by atoms with Crippen molar-refractivity contribution in [2.24, 2.45) is 0 Å². The van der Waals surface area contributed by atoms with E-state index in [0.29, 0.717) is 23.6 Å². The van der Waals surface area contributed by atoms with Gasteiger partial charge in [-0.2, -0.15) is 12.6 Å². The SMILES string of the molecule is OC(CCCl)C(O)c1cccc(CS)c1. The molecule has 0 saturated carbocycles. The molecule has 0 amide bonds. The van der Waals surface area contributed by atoms with Crippen LogP contribution in [0.4, 0.5) is 0 Å². The van der Waals surface area contributed by atoms with E-state index in [9.17, 15) is 10.2 Å². The van der Waals surface area contributed by atoms with Crippen molar-refractivity contribution in [2.75, 3.05) is 5.88 Å². The molecule has 2 nitrogen and oxygen atoms in total. The Kier molecular flexibility index (Phi) is 5.47. The molecule has 1 rings (SSSR count). The Labute approximate surface area is 100 Å². The smallest absolute Gasteiger partial charge is 0.105 e. The lowest BCUT2D eigenvalue weighted by Gasteiger charge is -2.17. The first-order valence-electron chi connectivity index (χ1n) is 4.81. The van der Waals surface area contributed by atoms with Gasteiger partial charge in [0.2, 0.25) is 0 Å². The number of benzene rings is 1. The maximum Gasteiger partial charge on any atom is 0.105 e. The standard InChI is InChI=1S/C11H15ClO2S/c12-5-4-10(13)11(14)9-3-1-2-8(6-9)7-15/h1-3,6,10-11,13-15H,4-5,7H2. The summed E-state index contributed by atoms with van der Waals surface area (Å²) in [6.45, 7) is 0. The van der Waals surface area contributed by atoms with Crippen molar-refractivity contribution >= 4 is 24.2 Å². The average Bonchev–Trinajstić information content (AvgIpc) is 2.28. The van der Waals surface area contributed by atoms with Crippen molar-refractivity contribution in [2.45, 2.75) is 24.4 Å². The highest BCUT2D eigenvalue weighted by Gasteiger charge is 2.17. The summed E-state index contributed by atoms with van der Waals surface area (Å²) >= 11 is 9.66. The van der Waals surface area contributed by atoms with E-state index in [1.165, 1.54) is 0 Å². The summed E-state index contributed by atoms with van der Waals surface area (Å²) in [5.74, 6) is 0.955. The summed E-state index contributed by atoms with van der Waals surface area (Å²) < 4.78 is 0. The molecule has 0 aliphatic heterocycles. The molecule has 0 aliphatic rings. The van der Waals surface area contributed by atoms with Crippen molar-refractivity contribution in [3.63, 3.8) is 0 Å². The van der Waals surface area contributed by atoms with Crippen molar-refractivity contribution in [1.82, 2.24) is 0 Å². The van der Waals surface area contributed by atoms with E-state index >= 15 is 0 Å². The number of aliphatic hydroxyl groups is 2. The molecule has 0 fully saturated rings. The molecule has 0 saturated heterocycles. The lowest BCUT2D eigenvalue weighted by molar-refractivity contribution is 0.0170. The molecule has 1 aromatic rings. The van der Waals surface area contributed by atoms with Crippen LogP contribution in [0, 0.1) is 0 Å². The molecule has 0 aliphatic carbocycles. The van der Waals surface area contributed by atoms with Gasteiger partial charge in [0.05, 0.1) is 6.10 Å². The fourth-order valence-corrected chi connectivity index (χ4v) is 1.79. The summed E-state index contributed by atoms with van der Waals surface area (Å²) in [6.07, 6.45) is -1.30. The molecule has 2 unspecified atom stereocenters. The van der Waals surface area contributed by atoms with E-state index in [1.54, 1.807) is 6.07 Å². The number of hydrogen-bond donors (Lipinski definition) is 3. The molecule has 0 heterocycles. The molecule has 0 aromatic heterocycles. The van der Waals surface area contributed by atoms with Gasteiger partial charge < -0.3 is 10.2 Å². The molecule has 2 N–H and O–H groups in total. The summed E-state index contributed by atoms with van der Waals surface area (Å²) in [7, 11) is 0. The number of alkyl halides is 1. The summed E-state index contributed by atoms with van der Waals surface area (Å²) in [5.41, 5.74) is 1.73. The number of hydrogen-bond acceptors (Lipinski definition) is 3. The van der Waals surface area contributed by atoms with Crippen LogP contribution in [-0.2, 0) is 5.75 Å². The fraction of sp³-hybridized carbons (Fsp3) is 0.455. The average molecular weight is 247 g/mol. The Balaban J connectivity index is 2.76. The van der Waals surface area contributed by atoms with Crippen LogP contribution < -0.4 is 0 Å². The van der Waals surface area contributed by atoms with Crippen molar-refractivity contribution in [1.29, 1.82) is 0 Å². The zero-order chi connectivity index (χ0) is 11.3. The molecule has 1 aromatic carbocycles. The Bertz CT molecular complexity index is 306. The molecular formula is C11H15ClO2S. The Morgan fingerprint density at radius 1 is 1.33 bits per heavy atom. The first kappa shape index (κ1) is 12.8. The highest BCUT2D eigenvalue weighted by Crippen LogP contribution is 2.20. The molecule has 2 atom stereocenters. The summed E-state index contributed by atoms with van der Waals surface area (Å²) in [4.78, 5) is 0. The second kappa shape index (κ2) is 6.38. The van der Waals surface area contributed by atoms with Crippen LogP contribution in [-0.4, -0.2) is 22.2 Å². The summed E-state index contributed by atoms with van der Waals surface area (Å²) in [6, 6.07) is 7.40. The minimum Gasteiger partial charge on any atom is -0.390 e. The normalized spacial score (nSPS) is 14.9. The molecule has 0 bridgehead atoms. The van der Waals surface area contributed by atoms with E-state index in [1.807, 2.05) is 18.2 Å². The van der Waals surface area contributed by atoms with E-state index in [0.717, 1.165) is 5.56 Å². The Morgan fingerprint density at radius 3 is 2.67 bits per heavy atom. The van der Waals surface area contributed by atoms with Crippen molar-refractivity contribution in [3.8, 4) is 0 Å². The second-order valence-electron chi connectivity index (χ2n) is 3.39. The number of thiol groups is 1. The zero-order valence-corrected chi connectivity index (χ0v) is 9.96. The van der Waals surface area contributed by atoms with Gasteiger partial charge in [-0.05, 0) is 17.5 Å². The lowest BCUT2D eigenvalue weighted by atomic mass is 10.0. The van der Waals surface area contributed by atoms with E-state index in [4.69, 9.17) is 11.6 Å². The van der Waals surface area contributed by atoms with Gasteiger partial charge in [-0.3, -0.25) is 0 Å². The highest BCUT2D eigenvalue weighted by molar-refractivity contribution is 7.79. The van der Waals surface area contributed by atoms with Gasteiger partial charge >= 0.3 is 0 Å². The van der Waals surface area contributed by atoms with Crippen LogP contribution in [0.15, 0.2) is 24.3 Å². The van der Waals surface area contributed by atoms with Gasteiger partial charge in [0.15, 0.2) is 0 Å². The maximum absolute atomic E-state index is 9.81. The first-order chi connectivity index (χ1) is 7.19. The Morgan fingerprint density at radius 2 is 2.07 bits per heavy atom. The quantitative estimate of drug-likeness (QED) is 0.550. The predicted octanol–water partition coefficient (Wildman–Crippen LogP) is 2.14. The first-order valence-corrected chi connectivity index (χ1v) is 5.97. The van der Waals surface area contributed by atoms with Gasteiger partial charge in [-0.15, -0.1) is 11.6 Å². The van der Waals surface area contributed by atoms with Crippen LogP contribution in [0.25, 0.3) is 0 Å². The minimum absolute atomic E-state index is 0.338. The zero-order valence-electron chi connectivity index (χ0n) is 8.31. The monoisotopic (exact) mass is 246 g/mol. The second-order valence-corrected chi connectivity index (χ2v) is 4.09. The number of aliphatic hydroxyl groups excluding tert-OH is 2. The van der Waals surface area contributed by atoms with Gasteiger partial charge in [0.25, 0.3) is 0 Å². The molecule has 15 heavy (non-hydrogen) atoms. The van der Waals surface area contributed by atoms with Crippen LogP contribution >= 0.6 is 24.2 Å². The molecule has 84 valence electrons. The third-order valence-electron chi connectivity index (χ3n) is 2.24. The van der Waals surface area contributed by atoms with Crippen LogP contribution in [0.3, 0.4) is 0 Å². The van der Waals surface area contributed by atoms with E-state index in [2.05, 4.69) is 12.6 Å². The van der Waals surface area contributed by atoms with Crippen LogP contribution in [0.2, 0.25) is 0 Å². The van der Waals surface area contributed by atoms with Crippen molar-refractivity contribution < 1.29 is 10.2 Å². The number of halogens is 1. The highest BCUT2D eigenvalue weighted by atomic mass is 35.5. The predicted molar refractivity (Wildman–Crippen MR) is 65.4 cm³/mol. The molecular weight excluding hydrogens is 232 g/mol. The van der Waals surface area contributed by atoms with Gasteiger partial charge in [0, 0.05) is 11.6 Å². The molecule has 4 heteroatoms. The topological polar surface area (TPSA) is 40.5 Å². The van der Waals surface area contributed by atoms with E-state index < -0.39 is 12.2 Å². The fourth-order valence-electron chi connectivity index (χ4n) is 1.37. The maximum atomic E-state index is 9.81. The largest absolute Gasteiger partial charge is 0.390 e.